The second kappa shape index (κ2) is 6.05. The molecule has 1 fully saturated rings. The minimum absolute atomic E-state index is 0.0557. The van der Waals surface area contributed by atoms with Gasteiger partial charge in [0.05, 0.1) is 24.5 Å². The van der Waals surface area contributed by atoms with Gasteiger partial charge in [-0.25, -0.2) is 4.79 Å². The lowest BCUT2D eigenvalue weighted by atomic mass is 9.82. The Kier molecular flexibility index (Phi) is 4.21. The molecule has 0 aromatic carbocycles. The number of esters is 1. The van der Waals surface area contributed by atoms with Crippen LogP contribution in [0.15, 0.2) is 12.2 Å². The van der Waals surface area contributed by atoms with Crippen LogP contribution < -0.4 is 5.32 Å². The summed E-state index contributed by atoms with van der Waals surface area (Å²) in [6.07, 6.45) is 4.52. The largest absolute Gasteiger partial charge is 0.481 e. The van der Waals surface area contributed by atoms with Gasteiger partial charge in [0, 0.05) is 4.88 Å². The molecule has 0 spiro atoms. The van der Waals surface area contributed by atoms with Gasteiger partial charge in [-0.05, 0) is 37.7 Å². The first-order valence-corrected chi connectivity index (χ1v) is 8.57. The second-order valence-corrected chi connectivity index (χ2v) is 7.53. The number of ether oxygens (including phenoxy) is 1. The number of fused-ring (bicyclic) bond motifs is 2. The number of allylic oxidation sites excluding steroid dienone is 2. The van der Waals surface area contributed by atoms with E-state index in [0.29, 0.717) is 17.0 Å². The molecule has 24 heavy (non-hydrogen) atoms. The summed E-state index contributed by atoms with van der Waals surface area (Å²) in [5.74, 6) is -3.25. The van der Waals surface area contributed by atoms with Crippen molar-refractivity contribution in [2.75, 3.05) is 12.4 Å². The van der Waals surface area contributed by atoms with Crippen LogP contribution in [0.4, 0.5) is 5.00 Å². The quantitative estimate of drug-likeness (QED) is 0.644. The fraction of sp³-hybridized carbons (Fsp3) is 0.471. The normalized spacial score (nSPS) is 27.3. The molecule has 128 valence electrons. The Morgan fingerprint density at radius 1 is 1.21 bits per heavy atom. The molecule has 0 aliphatic heterocycles. The summed E-state index contributed by atoms with van der Waals surface area (Å²) >= 11 is 1.30. The lowest BCUT2D eigenvalue weighted by molar-refractivity contribution is -0.146. The van der Waals surface area contributed by atoms with Crippen LogP contribution in [0.2, 0.25) is 0 Å². The molecule has 1 amide bonds. The van der Waals surface area contributed by atoms with E-state index in [4.69, 9.17) is 4.74 Å². The van der Waals surface area contributed by atoms with Crippen molar-refractivity contribution in [1.82, 2.24) is 0 Å². The predicted molar refractivity (Wildman–Crippen MR) is 89.1 cm³/mol. The number of methoxy groups -OCH3 is 1. The monoisotopic (exact) mass is 349 g/mol. The highest BCUT2D eigenvalue weighted by atomic mass is 32.1. The van der Waals surface area contributed by atoms with Crippen molar-refractivity contribution >= 4 is 34.2 Å². The van der Waals surface area contributed by atoms with Crippen molar-refractivity contribution in [3.8, 4) is 0 Å². The number of aliphatic carboxylic acids is 1. The van der Waals surface area contributed by atoms with E-state index in [1.165, 1.54) is 18.4 Å². The smallest absolute Gasteiger partial charge is 0.341 e. The molecular weight excluding hydrogens is 330 g/mol. The number of nitrogens with one attached hydrogen (secondary N) is 1. The van der Waals surface area contributed by atoms with Crippen LogP contribution in [0.1, 0.15) is 27.2 Å². The Hall–Kier alpha value is -2.15. The molecule has 1 heterocycles. The maximum atomic E-state index is 12.7. The highest BCUT2D eigenvalue weighted by molar-refractivity contribution is 7.16. The summed E-state index contributed by atoms with van der Waals surface area (Å²) < 4.78 is 4.80. The molecule has 2 aliphatic rings. The van der Waals surface area contributed by atoms with Gasteiger partial charge in [-0.1, -0.05) is 12.2 Å². The van der Waals surface area contributed by atoms with Crippen LogP contribution in [0.25, 0.3) is 0 Å². The molecule has 2 bridgehead atoms. The number of hydrogen-bond acceptors (Lipinski definition) is 5. The van der Waals surface area contributed by atoms with Crippen molar-refractivity contribution < 1.29 is 24.2 Å². The van der Waals surface area contributed by atoms with Gasteiger partial charge in [-0.2, -0.15) is 0 Å². The topological polar surface area (TPSA) is 92.7 Å². The molecule has 6 nitrogen and oxygen atoms in total. The molecule has 1 aromatic rings. The standard InChI is InChI=1S/C17H19NO5S/c1-7-8(2)24-15(11(7)17(22)23-3)18-14(19)12-9-4-5-10(6-9)13(12)16(20)21/h4-5,9-10,12-13H,6H2,1-3H3,(H,18,19)(H,20,21)/t9-,10-,12-,13+/m0/s1. The van der Waals surface area contributed by atoms with Crippen LogP contribution in [-0.4, -0.2) is 30.1 Å². The summed E-state index contributed by atoms with van der Waals surface area (Å²) in [4.78, 5) is 37.2. The molecule has 2 aliphatic carbocycles. The molecule has 0 unspecified atom stereocenters. The van der Waals surface area contributed by atoms with Crippen molar-refractivity contribution in [3.63, 3.8) is 0 Å². The van der Waals surface area contributed by atoms with Gasteiger partial charge in [0.1, 0.15) is 5.00 Å². The molecule has 0 saturated heterocycles. The zero-order chi connectivity index (χ0) is 17.6. The number of carboxylic acids is 1. The summed E-state index contributed by atoms with van der Waals surface area (Å²) in [7, 11) is 1.29. The van der Waals surface area contributed by atoms with Crippen LogP contribution >= 0.6 is 11.3 Å². The molecule has 4 atom stereocenters. The van der Waals surface area contributed by atoms with Gasteiger partial charge in [0.25, 0.3) is 0 Å². The highest BCUT2D eigenvalue weighted by Gasteiger charge is 2.51. The van der Waals surface area contributed by atoms with Crippen molar-refractivity contribution in [3.05, 3.63) is 28.2 Å². The van der Waals surface area contributed by atoms with E-state index < -0.39 is 23.8 Å². The fourth-order valence-electron chi connectivity index (χ4n) is 3.77. The van der Waals surface area contributed by atoms with E-state index in [0.717, 1.165) is 10.4 Å². The van der Waals surface area contributed by atoms with E-state index in [2.05, 4.69) is 5.32 Å². The van der Waals surface area contributed by atoms with Gasteiger partial charge in [-0.3, -0.25) is 9.59 Å². The number of rotatable bonds is 4. The summed E-state index contributed by atoms with van der Waals surface area (Å²) in [6, 6.07) is 0. The van der Waals surface area contributed by atoms with Crippen molar-refractivity contribution in [1.29, 1.82) is 0 Å². The number of aryl methyl sites for hydroxylation is 1. The number of amides is 1. The predicted octanol–water partition coefficient (Wildman–Crippen LogP) is 2.61. The number of carboxylic acid groups (broad SMARTS) is 1. The molecule has 7 heteroatoms. The number of carbonyl (C=O) groups is 3. The third kappa shape index (κ3) is 2.53. The minimum Gasteiger partial charge on any atom is -0.481 e. The van der Waals surface area contributed by atoms with Crippen LogP contribution in [0, 0.1) is 37.5 Å². The zero-order valence-corrected chi connectivity index (χ0v) is 14.5. The Morgan fingerprint density at radius 2 is 1.83 bits per heavy atom. The van der Waals surface area contributed by atoms with Crippen LogP contribution in [0.5, 0.6) is 0 Å². The van der Waals surface area contributed by atoms with Gasteiger partial charge >= 0.3 is 11.9 Å². The Labute approximate surface area is 143 Å². The molecule has 0 radical (unpaired) electrons. The van der Waals surface area contributed by atoms with E-state index >= 15 is 0 Å². The first-order valence-electron chi connectivity index (χ1n) is 7.75. The molecule has 2 N–H and O–H groups in total. The summed E-state index contributed by atoms with van der Waals surface area (Å²) in [5.41, 5.74) is 1.11. The van der Waals surface area contributed by atoms with Crippen LogP contribution in [0.3, 0.4) is 0 Å². The first-order chi connectivity index (χ1) is 11.3. The highest BCUT2D eigenvalue weighted by Crippen LogP contribution is 2.48. The van der Waals surface area contributed by atoms with E-state index in [1.54, 1.807) is 6.92 Å². The van der Waals surface area contributed by atoms with E-state index in [9.17, 15) is 19.5 Å². The third-order valence-electron chi connectivity index (χ3n) is 5.06. The maximum absolute atomic E-state index is 12.7. The van der Waals surface area contributed by atoms with Gasteiger partial charge in [-0.15, -0.1) is 11.3 Å². The van der Waals surface area contributed by atoms with Gasteiger partial charge in [0.2, 0.25) is 5.91 Å². The molecule has 3 rings (SSSR count). The lowest BCUT2D eigenvalue weighted by Gasteiger charge is -2.23. The number of thiophene rings is 1. The zero-order valence-electron chi connectivity index (χ0n) is 13.7. The SMILES string of the molecule is COC(=O)c1c(NC(=O)[C@@H]2[C@H](C(=O)O)[C@H]3C=C[C@H]2C3)sc(C)c1C. The minimum atomic E-state index is -0.946. The number of hydrogen-bond donors (Lipinski definition) is 2. The average Bonchev–Trinajstić information content (AvgIpc) is 3.21. The Bertz CT molecular complexity index is 750. The fourth-order valence-corrected chi connectivity index (χ4v) is 4.83. The number of carbonyl (C=O) groups excluding carboxylic acids is 2. The lowest BCUT2D eigenvalue weighted by Crippen LogP contribution is -2.36. The maximum Gasteiger partial charge on any atom is 0.341 e. The Morgan fingerprint density at radius 3 is 2.42 bits per heavy atom. The second-order valence-electron chi connectivity index (χ2n) is 6.31. The van der Waals surface area contributed by atoms with E-state index in [1.807, 2.05) is 19.1 Å². The summed E-state index contributed by atoms with van der Waals surface area (Å²) in [6.45, 7) is 3.66. The van der Waals surface area contributed by atoms with Gasteiger partial charge < -0.3 is 15.2 Å². The first kappa shape index (κ1) is 16.7. The summed E-state index contributed by atoms with van der Waals surface area (Å²) in [5, 5.41) is 12.7. The van der Waals surface area contributed by atoms with Gasteiger partial charge in [0.15, 0.2) is 0 Å². The molecule has 1 saturated carbocycles. The number of anilines is 1. The van der Waals surface area contributed by atoms with Crippen molar-refractivity contribution in [2.24, 2.45) is 23.7 Å². The molecule has 1 aromatic heterocycles. The van der Waals surface area contributed by atoms with Crippen molar-refractivity contribution in [2.45, 2.75) is 20.3 Å². The van der Waals surface area contributed by atoms with Crippen LogP contribution in [-0.2, 0) is 14.3 Å². The van der Waals surface area contributed by atoms with E-state index in [-0.39, 0.29) is 17.7 Å². The average molecular weight is 349 g/mol. The Balaban J connectivity index is 1.88. The third-order valence-corrected chi connectivity index (χ3v) is 6.18. The molecular formula is C17H19NO5S.